The van der Waals surface area contributed by atoms with E-state index in [-0.39, 0.29) is 5.82 Å². The predicted octanol–water partition coefficient (Wildman–Crippen LogP) is 3.64. The van der Waals surface area contributed by atoms with Crippen molar-refractivity contribution in [1.82, 2.24) is 0 Å². The van der Waals surface area contributed by atoms with Gasteiger partial charge in [-0.05, 0) is 49.2 Å². The number of rotatable bonds is 3. The van der Waals surface area contributed by atoms with E-state index in [4.69, 9.17) is 0 Å². The van der Waals surface area contributed by atoms with E-state index in [0.29, 0.717) is 11.6 Å². The maximum absolute atomic E-state index is 13.9. The molecule has 2 nitrogen and oxygen atoms in total. The molecule has 0 saturated heterocycles. The van der Waals surface area contributed by atoms with Crippen molar-refractivity contribution in [2.24, 2.45) is 5.92 Å². The van der Waals surface area contributed by atoms with E-state index in [1.54, 1.807) is 19.0 Å². The second-order valence-electron chi connectivity index (χ2n) is 5.52. The summed E-state index contributed by atoms with van der Waals surface area (Å²) in [5, 5.41) is 11.9. The summed E-state index contributed by atoms with van der Waals surface area (Å²) in [6.45, 7) is 3.86. The van der Waals surface area contributed by atoms with Gasteiger partial charge in [-0.15, -0.1) is 0 Å². The Labute approximate surface area is 109 Å². The molecule has 1 aliphatic rings. The highest BCUT2D eigenvalue weighted by molar-refractivity contribution is 6.52. The number of nitrogens with one attached hydrogen (secondary N) is 1. The van der Waals surface area contributed by atoms with Gasteiger partial charge in [-0.25, -0.2) is 4.39 Å². The lowest BCUT2D eigenvalue weighted by Crippen LogP contribution is -2.20. The van der Waals surface area contributed by atoms with Crippen LogP contribution in [0.2, 0.25) is 6.82 Å². The normalized spacial score (nSPS) is 23.8. The van der Waals surface area contributed by atoms with Gasteiger partial charge in [0, 0.05) is 0 Å². The Kier molecular flexibility index (Phi) is 4.28. The Morgan fingerprint density at radius 2 is 1.94 bits per heavy atom. The van der Waals surface area contributed by atoms with E-state index in [2.05, 4.69) is 12.2 Å². The van der Waals surface area contributed by atoms with Crippen molar-refractivity contribution in [2.45, 2.75) is 45.3 Å². The topological polar surface area (TPSA) is 32.3 Å². The van der Waals surface area contributed by atoms with Crippen LogP contribution >= 0.6 is 0 Å². The SMILES string of the molecule is CB(O)Nc1ccc(C2CCC(C)CC2)cc1F. The average molecular weight is 249 g/mol. The van der Waals surface area contributed by atoms with Crippen LogP contribution in [0.3, 0.4) is 0 Å². The van der Waals surface area contributed by atoms with Crippen LogP contribution in [0.25, 0.3) is 0 Å². The lowest BCUT2D eigenvalue weighted by Gasteiger charge is -2.26. The third kappa shape index (κ3) is 3.25. The van der Waals surface area contributed by atoms with Crippen LogP contribution in [0.1, 0.15) is 44.1 Å². The third-order valence-corrected chi connectivity index (χ3v) is 3.84. The van der Waals surface area contributed by atoms with Crippen LogP contribution < -0.4 is 5.23 Å². The van der Waals surface area contributed by atoms with Crippen molar-refractivity contribution in [2.75, 3.05) is 5.23 Å². The van der Waals surface area contributed by atoms with Crippen molar-refractivity contribution in [3.63, 3.8) is 0 Å². The zero-order chi connectivity index (χ0) is 13.1. The van der Waals surface area contributed by atoms with Gasteiger partial charge in [0.15, 0.2) is 0 Å². The lowest BCUT2D eigenvalue weighted by atomic mass is 9.79. The van der Waals surface area contributed by atoms with Gasteiger partial charge >= 0.3 is 7.05 Å². The molecule has 0 unspecified atom stereocenters. The predicted molar refractivity (Wildman–Crippen MR) is 74.2 cm³/mol. The van der Waals surface area contributed by atoms with Crippen molar-refractivity contribution in [3.8, 4) is 0 Å². The Morgan fingerprint density at radius 1 is 1.28 bits per heavy atom. The van der Waals surface area contributed by atoms with E-state index in [1.807, 2.05) is 6.07 Å². The largest absolute Gasteiger partial charge is 0.433 e. The highest BCUT2D eigenvalue weighted by Crippen LogP contribution is 2.36. The zero-order valence-corrected chi connectivity index (χ0v) is 11.1. The quantitative estimate of drug-likeness (QED) is 0.801. The fraction of sp³-hybridized carbons (Fsp3) is 0.571. The molecule has 0 atom stereocenters. The lowest BCUT2D eigenvalue weighted by molar-refractivity contribution is 0.347. The van der Waals surface area contributed by atoms with Crippen LogP contribution in [-0.2, 0) is 0 Å². The molecule has 0 radical (unpaired) electrons. The van der Waals surface area contributed by atoms with Crippen LogP contribution in [0.5, 0.6) is 0 Å². The van der Waals surface area contributed by atoms with Gasteiger partial charge in [-0.3, -0.25) is 0 Å². The molecule has 0 amide bonds. The molecule has 1 aromatic carbocycles. The van der Waals surface area contributed by atoms with E-state index < -0.39 is 7.05 Å². The first-order chi connectivity index (χ1) is 8.56. The summed E-state index contributed by atoms with van der Waals surface area (Å²) in [5.41, 5.74) is 1.47. The van der Waals surface area contributed by atoms with Crippen molar-refractivity contribution >= 4 is 12.7 Å². The molecule has 1 saturated carbocycles. The monoisotopic (exact) mass is 249 g/mol. The molecule has 0 aromatic heterocycles. The molecule has 1 aliphatic carbocycles. The Morgan fingerprint density at radius 3 is 2.50 bits per heavy atom. The van der Waals surface area contributed by atoms with Gasteiger partial charge in [0.1, 0.15) is 5.82 Å². The first-order valence-electron chi connectivity index (χ1n) is 6.80. The molecule has 0 spiro atoms. The molecule has 1 aromatic rings. The summed E-state index contributed by atoms with van der Waals surface area (Å²) in [7, 11) is -0.735. The molecule has 0 bridgehead atoms. The standard InChI is InChI=1S/C14H21BFNO/c1-10-3-5-11(6-4-10)12-7-8-14(13(16)9-12)17-15(2)18/h7-11,17-18H,3-6H2,1-2H3. The molecule has 0 aliphatic heterocycles. The Hall–Kier alpha value is -1.03. The first kappa shape index (κ1) is 13.4. The second kappa shape index (κ2) is 5.74. The van der Waals surface area contributed by atoms with Crippen molar-refractivity contribution < 1.29 is 9.41 Å². The minimum Gasteiger partial charge on any atom is -0.433 e. The number of halogens is 1. The summed E-state index contributed by atoms with van der Waals surface area (Å²) in [5.74, 6) is 1.03. The summed E-state index contributed by atoms with van der Waals surface area (Å²) in [6, 6.07) is 5.33. The summed E-state index contributed by atoms with van der Waals surface area (Å²) in [4.78, 5) is 0. The van der Waals surface area contributed by atoms with Gasteiger partial charge in [0.2, 0.25) is 0 Å². The highest BCUT2D eigenvalue weighted by Gasteiger charge is 2.20. The molecule has 1 fully saturated rings. The molecular weight excluding hydrogens is 228 g/mol. The Balaban J connectivity index is 2.08. The second-order valence-corrected chi connectivity index (χ2v) is 5.52. The van der Waals surface area contributed by atoms with E-state index in [0.717, 1.165) is 24.3 Å². The van der Waals surface area contributed by atoms with E-state index in [1.165, 1.54) is 12.8 Å². The summed E-state index contributed by atoms with van der Waals surface area (Å²) >= 11 is 0. The van der Waals surface area contributed by atoms with Crippen LogP contribution in [-0.4, -0.2) is 12.1 Å². The van der Waals surface area contributed by atoms with Crippen LogP contribution in [0.15, 0.2) is 18.2 Å². The summed E-state index contributed by atoms with van der Waals surface area (Å²) in [6.07, 6.45) is 4.79. The van der Waals surface area contributed by atoms with Gasteiger partial charge in [0.05, 0.1) is 5.69 Å². The van der Waals surface area contributed by atoms with Gasteiger partial charge in [0.25, 0.3) is 0 Å². The van der Waals surface area contributed by atoms with Gasteiger partial charge in [-0.1, -0.05) is 25.8 Å². The fourth-order valence-corrected chi connectivity index (χ4v) is 2.72. The van der Waals surface area contributed by atoms with Crippen molar-refractivity contribution in [1.29, 1.82) is 0 Å². The third-order valence-electron chi connectivity index (χ3n) is 3.84. The average Bonchev–Trinajstić information content (AvgIpc) is 2.32. The van der Waals surface area contributed by atoms with Crippen LogP contribution in [0, 0.1) is 11.7 Å². The molecule has 98 valence electrons. The molecular formula is C14H21BFNO. The minimum atomic E-state index is -0.735. The molecule has 2 rings (SSSR count). The molecule has 2 N–H and O–H groups in total. The van der Waals surface area contributed by atoms with Crippen LogP contribution in [0.4, 0.5) is 10.1 Å². The number of benzene rings is 1. The number of hydrogen-bond acceptors (Lipinski definition) is 2. The van der Waals surface area contributed by atoms with Gasteiger partial charge in [-0.2, -0.15) is 0 Å². The molecule has 18 heavy (non-hydrogen) atoms. The highest BCUT2D eigenvalue weighted by atomic mass is 19.1. The van der Waals surface area contributed by atoms with Gasteiger partial charge < -0.3 is 10.3 Å². The first-order valence-corrected chi connectivity index (χ1v) is 6.80. The van der Waals surface area contributed by atoms with E-state index in [9.17, 15) is 9.41 Å². The van der Waals surface area contributed by atoms with Crippen molar-refractivity contribution in [3.05, 3.63) is 29.6 Å². The fourth-order valence-electron chi connectivity index (χ4n) is 2.72. The maximum Gasteiger partial charge on any atom is 0.406 e. The maximum atomic E-state index is 13.9. The number of anilines is 1. The molecule has 4 heteroatoms. The van der Waals surface area contributed by atoms with E-state index >= 15 is 0 Å². The smallest absolute Gasteiger partial charge is 0.406 e. The zero-order valence-electron chi connectivity index (χ0n) is 11.1. The summed E-state index contributed by atoms with van der Waals surface area (Å²) < 4.78 is 13.9. The number of hydrogen-bond donors (Lipinski definition) is 2. The minimum absolute atomic E-state index is 0.271. The Bertz CT molecular complexity index is 403. The molecule has 0 heterocycles.